The zero-order valence-corrected chi connectivity index (χ0v) is 14.0. The van der Waals surface area contributed by atoms with Gasteiger partial charge in [0.2, 0.25) is 5.88 Å². The minimum Gasteiger partial charge on any atom is -0.391 e. The molecule has 0 atom stereocenters. The van der Waals surface area contributed by atoms with Crippen molar-refractivity contribution in [2.24, 2.45) is 7.05 Å². The summed E-state index contributed by atoms with van der Waals surface area (Å²) < 4.78 is 20.9. The van der Waals surface area contributed by atoms with Crippen LogP contribution in [0.3, 0.4) is 0 Å². The van der Waals surface area contributed by atoms with Crippen LogP contribution < -0.4 is 15.4 Å². The molecule has 0 saturated heterocycles. The van der Waals surface area contributed by atoms with Gasteiger partial charge in [0, 0.05) is 31.9 Å². The van der Waals surface area contributed by atoms with Crippen LogP contribution in [0.4, 0.5) is 20.7 Å². The molecule has 2 aromatic heterocycles. The lowest BCUT2D eigenvalue weighted by molar-refractivity contribution is 0.213. The van der Waals surface area contributed by atoms with Crippen molar-refractivity contribution in [1.29, 1.82) is 0 Å². The maximum atomic E-state index is 14.2. The van der Waals surface area contributed by atoms with Gasteiger partial charge in [-0.2, -0.15) is 5.10 Å². The van der Waals surface area contributed by atoms with Crippen LogP contribution in [0.5, 0.6) is 5.88 Å². The largest absolute Gasteiger partial charge is 0.419 e. The summed E-state index contributed by atoms with van der Waals surface area (Å²) in [5.74, 6) is 0.337. The molecule has 1 aromatic carbocycles. The van der Waals surface area contributed by atoms with Gasteiger partial charge in [-0.1, -0.05) is 0 Å². The van der Waals surface area contributed by atoms with E-state index in [4.69, 9.17) is 4.74 Å². The van der Waals surface area contributed by atoms with E-state index in [2.05, 4.69) is 20.7 Å². The van der Waals surface area contributed by atoms with E-state index < -0.39 is 6.09 Å². The minimum absolute atomic E-state index is 0.126. The van der Waals surface area contributed by atoms with E-state index in [1.807, 2.05) is 6.07 Å². The van der Waals surface area contributed by atoms with Gasteiger partial charge >= 0.3 is 6.09 Å². The van der Waals surface area contributed by atoms with Gasteiger partial charge in [-0.05, 0) is 41.3 Å². The first-order chi connectivity index (χ1) is 12.6. The number of aromatic nitrogens is 3. The number of nitrogens with one attached hydrogen (secondary N) is 2. The second-order valence-corrected chi connectivity index (χ2v) is 5.91. The number of aryl methyl sites for hydroxylation is 1. The number of amides is 1. The average molecular weight is 353 g/mol. The van der Waals surface area contributed by atoms with Crippen molar-refractivity contribution in [3.05, 3.63) is 54.1 Å². The first-order valence-corrected chi connectivity index (χ1v) is 8.10. The number of fused-ring (bicyclic) bond motifs is 1. The van der Waals surface area contributed by atoms with Crippen LogP contribution in [0.2, 0.25) is 0 Å². The quantitative estimate of drug-likeness (QED) is 0.756. The van der Waals surface area contributed by atoms with Crippen LogP contribution in [0.15, 0.2) is 42.7 Å². The van der Waals surface area contributed by atoms with E-state index in [1.54, 1.807) is 31.4 Å². The van der Waals surface area contributed by atoms with Gasteiger partial charge in [0.05, 0.1) is 11.9 Å². The highest BCUT2D eigenvalue weighted by Gasteiger charge is 2.17. The van der Waals surface area contributed by atoms with Crippen molar-refractivity contribution in [2.45, 2.75) is 6.42 Å². The Kier molecular flexibility index (Phi) is 4.00. The van der Waals surface area contributed by atoms with E-state index in [-0.39, 0.29) is 11.7 Å². The Labute approximate surface area is 148 Å². The maximum Gasteiger partial charge on any atom is 0.419 e. The van der Waals surface area contributed by atoms with Gasteiger partial charge in [-0.3, -0.25) is 10.00 Å². The Balaban J connectivity index is 1.55. The highest BCUT2D eigenvalue weighted by Crippen LogP contribution is 2.32. The predicted octanol–water partition coefficient (Wildman–Crippen LogP) is 3.20. The van der Waals surface area contributed by atoms with Crippen LogP contribution in [-0.4, -0.2) is 27.4 Å². The zero-order chi connectivity index (χ0) is 18.1. The molecule has 0 unspecified atom stereocenters. The number of rotatable bonds is 3. The molecule has 2 N–H and O–H groups in total. The first kappa shape index (κ1) is 16.1. The fourth-order valence-corrected chi connectivity index (χ4v) is 2.91. The van der Waals surface area contributed by atoms with E-state index in [0.717, 1.165) is 24.1 Å². The third-order valence-corrected chi connectivity index (χ3v) is 4.18. The number of benzene rings is 1. The zero-order valence-electron chi connectivity index (χ0n) is 14.0. The molecule has 0 fully saturated rings. The van der Waals surface area contributed by atoms with Crippen LogP contribution >= 0.6 is 0 Å². The summed E-state index contributed by atoms with van der Waals surface area (Å²) in [5.41, 5.74) is 2.93. The molecule has 1 amide bonds. The maximum absolute atomic E-state index is 14.2. The number of nitrogens with zero attached hydrogens (tertiary/aromatic N) is 3. The van der Waals surface area contributed by atoms with Crippen molar-refractivity contribution < 1.29 is 13.9 Å². The standard InChI is InChI=1S/C18H16FN5O2/c1-24-15(4-7-22-24)23-18(25)26-16-10-11(2-5-20-16)13-8-12-3-6-21-17(12)14(19)9-13/h2,4-5,7-10,21H,3,6H2,1H3,(H,23,25). The second kappa shape index (κ2) is 6.47. The highest BCUT2D eigenvalue weighted by atomic mass is 19.1. The molecule has 0 radical (unpaired) electrons. The van der Waals surface area contributed by atoms with Crippen LogP contribution in [0.1, 0.15) is 5.56 Å². The van der Waals surface area contributed by atoms with Crippen LogP contribution in [0, 0.1) is 5.82 Å². The van der Waals surface area contributed by atoms with Crippen molar-refractivity contribution in [3.63, 3.8) is 0 Å². The molecule has 0 aliphatic carbocycles. The summed E-state index contributed by atoms with van der Waals surface area (Å²) in [6.45, 7) is 0.731. The molecule has 1 aliphatic heterocycles. The molecule has 0 spiro atoms. The Morgan fingerprint density at radius 2 is 2.15 bits per heavy atom. The number of carbonyl (C=O) groups is 1. The highest BCUT2D eigenvalue weighted by molar-refractivity contribution is 5.85. The van der Waals surface area contributed by atoms with E-state index in [1.165, 1.54) is 16.9 Å². The summed E-state index contributed by atoms with van der Waals surface area (Å²) in [7, 11) is 1.70. The third kappa shape index (κ3) is 3.08. The summed E-state index contributed by atoms with van der Waals surface area (Å²) in [6, 6.07) is 8.40. The van der Waals surface area contributed by atoms with Gasteiger partial charge in [0.25, 0.3) is 0 Å². The molecule has 132 valence electrons. The number of ether oxygens (including phenoxy) is 1. The SMILES string of the molecule is Cn1nccc1NC(=O)Oc1cc(-c2cc(F)c3c(c2)CCN3)ccn1. The van der Waals surface area contributed by atoms with Crippen molar-refractivity contribution >= 4 is 17.6 Å². The first-order valence-electron chi connectivity index (χ1n) is 8.10. The van der Waals surface area contributed by atoms with Gasteiger partial charge in [-0.25, -0.2) is 14.2 Å². The van der Waals surface area contributed by atoms with Crippen LogP contribution in [0.25, 0.3) is 11.1 Å². The molecule has 0 bridgehead atoms. The number of halogens is 1. The molecule has 8 heteroatoms. The molecule has 4 rings (SSSR count). The van der Waals surface area contributed by atoms with Gasteiger partial charge in [-0.15, -0.1) is 0 Å². The summed E-state index contributed by atoms with van der Waals surface area (Å²) in [5, 5.41) is 9.57. The number of carbonyl (C=O) groups excluding carboxylic acids is 1. The molecule has 0 saturated carbocycles. The number of hydrogen-bond donors (Lipinski definition) is 2. The smallest absolute Gasteiger partial charge is 0.391 e. The third-order valence-electron chi connectivity index (χ3n) is 4.18. The van der Waals surface area contributed by atoms with E-state index in [0.29, 0.717) is 17.1 Å². The topological polar surface area (TPSA) is 81.1 Å². The fraction of sp³-hybridized carbons (Fsp3) is 0.167. The minimum atomic E-state index is -0.678. The average Bonchev–Trinajstić information content (AvgIpc) is 3.25. The monoisotopic (exact) mass is 353 g/mol. The lowest BCUT2D eigenvalue weighted by Gasteiger charge is -2.09. The predicted molar refractivity (Wildman–Crippen MR) is 94.7 cm³/mol. The van der Waals surface area contributed by atoms with Crippen LogP contribution in [-0.2, 0) is 13.5 Å². The van der Waals surface area contributed by atoms with Gasteiger partial charge < -0.3 is 10.1 Å². The summed E-state index contributed by atoms with van der Waals surface area (Å²) in [4.78, 5) is 16.0. The Morgan fingerprint density at radius 3 is 2.96 bits per heavy atom. The van der Waals surface area contributed by atoms with E-state index in [9.17, 15) is 9.18 Å². The molecule has 26 heavy (non-hydrogen) atoms. The van der Waals surface area contributed by atoms with Gasteiger partial charge in [0.1, 0.15) is 11.6 Å². The Bertz CT molecular complexity index is 985. The fourth-order valence-electron chi connectivity index (χ4n) is 2.91. The lowest BCUT2D eigenvalue weighted by atomic mass is 10.0. The molecule has 3 heterocycles. The molecule has 7 nitrogen and oxygen atoms in total. The molecule has 3 aromatic rings. The number of pyridine rings is 1. The van der Waals surface area contributed by atoms with E-state index >= 15 is 0 Å². The Morgan fingerprint density at radius 1 is 1.27 bits per heavy atom. The Hall–Kier alpha value is -3.42. The van der Waals surface area contributed by atoms with Crippen molar-refractivity contribution in [1.82, 2.24) is 14.8 Å². The molecular formula is C18H16FN5O2. The molecule has 1 aliphatic rings. The normalized spacial score (nSPS) is 12.4. The lowest BCUT2D eigenvalue weighted by Crippen LogP contribution is -2.19. The number of anilines is 2. The van der Waals surface area contributed by atoms with Crippen molar-refractivity contribution in [3.8, 4) is 17.0 Å². The van der Waals surface area contributed by atoms with Gasteiger partial charge in [0.15, 0.2) is 0 Å². The summed E-state index contributed by atoms with van der Waals surface area (Å²) in [6.07, 6.45) is 3.18. The number of hydrogen-bond acceptors (Lipinski definition) is 5. The molecular weight excluding hydrogens is 337 g/mol. The summed E-state index contributed by atoms with van der Waals surface area (Å²) >= 11 is 0. The second-order valence-electron chi connectivity index (χ2n) is 5.91. The van der Waals surface area contributed by atoms with Crippen molar-refractivity contribution in [2.75, 3.05) is 17.2 Å².